The lowest BCUT2D eigenvalue weighted by molar-refractivity contribution is -0.141. The minimum atomic E-state index is -0.367. The second-order valence-electron chi connectivity index (χ2n) is 5.17. The van der Waals surface area contributed by atoms with E-state index in [1.54, 1.807) is 0 Å². The maximum atomic E-state index is 11.7. The Balaban J connectivity index is 1.78. The number of carbonyl (C=O) groups excluding carboxylic acids is 2. The number of nitrogens with one attached hydrogen (secondary N) is 1. The Morgan fingerprint density at radius 3 is 2.48 bits per heavy atom. The smallest absolute Gasteiger partial charge is 0.306 e. The lowest BCUT2D eigenvalue weighted by Crippen LogP contribution is -2.13. The Bertz CT molecular complexity index is 481. The number of esters is 1. The third-order valence-electron chi connectivity index (χ3n) is 3.53. The van der Waals surface area contributed by atoms with E-state index in [0.29, 0.717) is 0 Å². The third-order valence-corrected chi connectivity index (χ3v) is 4.88. The van der Waals surface area contributed by atoms with Gasteiger partial charge in [0.05, 0.1) is 13.5 Å². The first kappa shape index (κ1) is 15.9. The van der Waals surface area contributed by atoms with E-state index in [1.807, 2.05) is 36.0 Å². The fourth-order valence-corrected chi connectivity index (χ4v) is 3.60. The van der Waals surface area contributed by atoms with Crippen molar-refractivity contribution in [2.75, 3.05) is 12.4 Å². The van der Waals surface area contributed by atoms with Crippen molar-refractivity contribution in [1.82, 2.24) is 0 Å². The first-order valence-corrected chi connectivity index (χ1v) is 8.19. The molecular formula is C16H21NO3S. The Labute approximate surface area is 129 Å². The number of benzene rings is 1. The predicted octanol–water partition coefficient (Wildman–Crippen LogP) is 3.61. The van der Waals surface area contributed by atoms with E-state index in [4.69, 9.17) is 0 Å². The Hall–Kier alpha value is -1.49. The molecule has 0 heterocycles. The maximum absolute atomic E-state index is 11.7. The summed E-state index contributed by atoms with van der Waals surface area (Å²) in [5, 5.41) is 3.53. The zero-order valence-corrected chi connectivity index (χ0v) is 13.1. The van der Waals surface area contributed by atoms with Crippen molar-refractivity contribution in [1.29, 1.82) is 0 Å². The predicted molar refractivity (Wildman–Crippen MR) is 84.4 cm³/mol. The van der Waals surface area contributed by atoms with Crippen molar-refractivity contribution in [2.24, 2.45) is 0 Å². The lowest BCUT2D eigenvalue weighted by atomic mass is 10.2. The number of methoxy groups -OCH3 is 1. The molecule has 2 rings (SSSR count). The van der Waals surface area contributed by atoms with E-state index in [1.165, 1.54) is 37.7 Å². The van der Waals surface area contributed by atoms with Gasteiger partial charge in [-0.15, -0.1) is 11.8 Å². The third kappa shape index (κ3) is 5.42. The van der Waals surface area contributed by atoms with Gasteiger partial charge in [-0.25, -0.2) is 0 Å². The second kappa shape index (κ2) is 8.08. The molecule has 1 aromatic rings. The summed E-state index contributed by atoms with van der Waals surface area (Å²) in [6.07, 6.45) is 5.54. The van der Waals surface area contributed by atoms with E-state index in [9.17, 15) is 9.59 Å². The average molecular weight is 307 g/mol. The average Bonchev–Trinajstić information content (AvgIpc) is 3.00. The molecule has 1 amide bonds. The van der Waals surface area contributed by atoms with Gasteiger partial charge in [0, 0.05) is 22.3 Å². The van der Waals surface area contributed by atoms with Crippen LogP contribution >= 0.6 is 11.8 Å². The number of ether oxygens (including phenoxy) is 1. The number of amides is 1. The normalized spacial score (nSPS) is 14.9. The van der Waals surface area contributed by atoms with Crippen molar-refractivity contribution < 1.29 is 14.3 Å². The van der Waals surface area contributed by atoms with Gasteiger partial charge in [0.25, 0.3) is 0 Å². The number of carbonyl (C=O) groups is 2. The van der Waals surface area contributed by atoms with Gasteiger partial charge in [-0.05, 0) is 37.1 Å². The van der Waals surface area contributed by atoms with Crippen LogP contribution in [0.15, 0.2) is 29.2 Å². The molecule has 1 saturated carbocycles. The van der Waals surface area contributed by atoms with Crippen LogP contribution in [0.1, 0.15) is 38.5 Å². The van der Waals surface area contributed by atoms with Gasteiger partial charge in [-0.3, -0.25) is 9.59 Å². The zero-order chi connectivity index (χ0) is 15.1. The molecule has 1 fully saturated rings. The van der Waals surface area contributed by atoms with Crippen LogP contribution in [0.3, 0.4) is 0 Å². The molecule has 0 aliphatic heterocycles. The van der Waals surface area contributed by atoms with Crippen LogP contribution in [0.4, 0.5) is 5.69 Å². The molecule has 0 aromatic heterocycles. The number of thioether (sulfide) groups is 1. The van der Waals surface area contributed by atoms with Crippen LogP contribution in [-0.4, -0.2) is 24.2 Å². The SMILES string of the molecule is COC(=O)CCC(=O)Nc1ccc(SC2CCCC2)cc1. The van der Waals surface area contributed by atoms with Gasteiger partial charge >= 0.3 is 5.97 Å². The largest absolute Gasteiger partial charge is 0.469 e. The first-order valence-electron chi connectivity index (χ1n) is 7.31. The summed E-state index contributed by atoms with van der Waals surface area (Å²) in [6.45, 7) is 0. The van der Waals surface area contributed by atoms with Gasteiger partial charge in [0.1, 0.15) is 0 Å². The zero-order valence-electron chi connectivity index (χ0n) is 12.3. The summed E-state index contributed by atoms with van der Waals surface area (Å²) in [7, 11) is 1.32. The van der Waals surface area contributed by atoms with E-state index < -0.39 is 0 Å². The summed E-state index contributed by atoms with van der Waals surface area (Å²) >= 11 is 1.92. The molecule has 5 heteroatoms. The van der Waals surface area contributed by atoms with Crippen molar-refractivity contribution in [3.05, 3.63) is 24.3 Å². The molecule has 0 radical (unpaired) electrons. The molecule has 1 aromatic carbocycles. The summed E-state index contributed by atoms with van der Waals surface area (Å²) in [6, 6.07) is 7.90. The van der Waals surface area contributed by atoms with Crippen molar-refractivity contribution >= 4 is 29.3 Å². The number of anilines is 1. The quantitative estimate of drug-likeness (QED) is 0.816. The summed E-state index contributed by atoms with van der Waals surface area (Å²) in [5.41, 5.74) is 0.764. The monoisotopic (exact) mass is 307 g/mol. The lowest BCUT2D eigenvalue weighted by Gasteiger charge is -2.10. The fourth-order valence-electron chi connectivity index (χ4n) is 2.36. The summed E-state index contributed by atoms with van der Waals surface area (Å²) in [4.78, 5) is 23.9. The van der Waals surface area contributed by atoms with Gasteiger partial charge in [-0.2, -0.15) is 0 Å². The van der Waals surface area contributed by atoms with Crippen LogP contribution in [0.5, 0.6) is 0 Å². The van der Waals surface area contributed by atoms with Crippen molar-refractivity contribution in [2.45, 2.75) is 48.7 Å². The van der Waals surface area contributed by atoms with Gasteiger partial charge in [0.15, 0.2) is 0 Å². The molecule has 0 spiro atoms. The molecule has 0 atom stereocenters. The van der Waals surface area contributed by atoms with Gasteiger partial charge < -0.3 is 10.1 Å². The molecule has 0 unspecified atom stereocenters. The highest BCUT2D eigenvalue weighted by Gasteiger charge is 2.16. The molecule has 4 nitrogen and oxygen atoms in total. The second-order valence-corrected chi connectivity index (χ2v) is 6.55. The van der Waals surface area contributed by atoms with Gasteiger partial charge in [-0.1, -0.05) is 12.8 Å². The minimum Gasteiger partial charge on any atom is -0.469 e. The van der Waals surface area contributed by atoms with Gasteiger partial charge in [0.2, 0.25) is 5.91 Å². The highest BCUT2D eigenvalue weighted by Crippen LogP contribution is 2.34. The molecule has 0 bridgehead atoms. The van der Waals surface area contributed by atoms with Crippen LogP contribution in [0.25, 0.3) is 0 Å². The molecular weight excluding hydrogens is 286 g/mol. The summed E-state index contributed by atoms with van der Waals surface area (Å²) in [5.74, 6) is -0.537. The standard InChI is InChI=1S/C16H21NO3S/c1-20-16(19)11-10-15(18)17-12-6-8-14(9-7-12)21-13-4-2-3-5-13/h6-9,13H,2-5,10-11H2,1H3,(H,17,18). The Kier molecular flexibility index (Phi) is 6.11. The highest BCUT2D eigenvalue weighted by molar-refractivity contribution is 8.00. The maximum Gasteiger partial charge on any atom is 0.306 e. The molecule has 114 valence electrons. The molecule has 21 heavy (non-hydrogen) atoms. The van der Waals surface area contributed by atoms with E-state index in [-0.39, 0.29) is 24.7 Å². The number of hydrogen-bond acceptors (Lipinski definition) is 4. The fraction of sp³-hybridized carbons (Fsp3) is 0.500. The van der Waals surface area contributed by atoms with Crippen LogP contribution < -0.4 is 5.32 Å². The molecule has 1 aliphatic carbocycles. The highest BCUT2D eigenvalue weighted by atomic mass is 32.2. The van der Waals surface area contributed by atoms with E-state index in [0.717, 1.165) is 10.9 Å². The summed E-state index contributed by atoms with van der Waals surface area (Å²) < 4.78 is 4.51. The van der Waals surface area contributed by atoms with E-state index >= 15 is 0 Å². The first-order chi connectivity index (χ1) is 10.2. The van der Waals surface area contributed by atoms with E-state index in [2.05, 4.69) is 10.1 Å². The van der Waals surface area contributed by atoms with Crippen LogP contribution in [0, 0.1) is 0 Å². The minimum absolute atomic E-state index is 0.109. The van der Waals surface area contributed by atoms with Crippen LogP contribution in [0.2, 0.25) is 0 Å². The molecule has 1 aliphatic rings. The van der Waals surface area contributed by atoms with Crippen LogP contribution in [-0.2, 0) is 14.3 Å². The van der Waals surface area contributed by atoms with Crippen molar-refractivity contribution in [3.8, 4) is 0 Å². The number of rotatable bonds is 6. The molecule has 1 N–H and O–H groups in total. The topological polar surface area (TPSA) is 55.4 Å². The Morgan fingerprint density at radius 1 is 1.19 bits per heavy atom. The van der Waals surface area contributed by atoms with Crippen molar-refractivity contribution in [3.63, 3.8) is 0 Å². The Morgan fingerprint density at radius 2 is 1.86 bits per heavy atom. The number of hydrogen-bond donors (Lipinski definition) is 1. The molecule has 0 saturated heterocycles.